The minimum absolute atomic E-state index is 0.0839. The van der Waals surface area contributed by atoms with Gasteiger partial charge in [0.1, 0.15) is 12.4 Å². The SMILES string of the molecule is Fc1cc(OCC(F)F)c(F)cc1Br. The van der Waals surface area contributed by atoms with Gasteiger partial charge in [0.05, 0.1) is 4.47 Å². The van der Waals surface area contributed by atoms with E-state index in [1.54, 1.807) is 0 Å². The maximum atomic E-state index is 12.9. The maximum absolute atomic E-state index is 12.9. The van der Waals surface area contributed by atoms with E-state index in [4.69, 9.17) is 0 Å². The van der Waals surface area contributed by atoms with Gasteiger partial charge in [-0.2, -0.15) is 0 Å². The summed E-state index contributed by atoms with van der Waals surface area (Å²) in [6, 6.07) is 1.53. The topological polar surface area (TPSA) is 9.23 Å². The standard InChI is InChI=1S/C8H5BrF4O/c9-4-1-6(11)7(2-5(4)10)14-3-8(12)13/h1-2,8H,3H2. The zero-order valence-corrected chi connectivity index (χ0v) is 8.32. The first-order valence-corrected chi connectivity index (χ1v) is 4.35. The summed E-state index contributed by atoms with van der Waals surface area (Å²) in [5, 5.41) is 0. The molecule has 0 spiro atoms. The van der Waals surface area contributed by atoms with Gasteiger partial charge < -0.3 is 4.74 Å². The second kappa shape index (κ2) is 4.63. The monoisotopic (exact) mass is 272 g/mol. The van der Waals surface area contributed by atoms with Gasteiger partial charge in [-0.15, -0.1) is 0 Å². The number of ether oxygens (including phenoxy) is 1. The number of hydrogen-bond donors (Lipinski definition) is 0. The normalized spacial score (nSPS) is 10.7. The Morgan fingerprint density at radius 3 is 2.43 bits per heavy atom. The predicted molar refractivity (Wildman–Crippen MR) is 45.6 cm³/mol. The fraction of sp³-hybridized carbons (Fsp3) is 0.250. The predicted octanol–water partition coefficient (Wildman–Crippen LogP) is 3.37. The summed E-state index contributed by atoms with van der Waals surface area (Å²) < 4.78 is 53.3. The van der Waals surface area contributed by atoms with E-state index >= 15 is 0 Å². The largest absolute Gasteiger partial charge is 0.484 e. The quantitative estimate of drug-likeness (QED) is 0.606. The average Bonchev–Trinajstić information content (AvgIpc) is 2.09. The second-order valence-electron chi connectivity index (χ2n) is 2.40. The van der Waals surface area contributed by atoms with Crippen molar-refractivity contribution in [2.75, 3.05) is 6.61 Å². The number of hydrogen-bond acceptors (Lipinski definition) is 1. The number of alkyl halides is 2. The highest BCUT2D eigenvalue weighted by Crippen LogP contribution is 2.25. The van der Waals surface area contributed by atoms with Crippen molar-refractivity contribution < 1.29 is 22.3 Å². The lowest BCUT2D eigenvalue weighted by atomic mass is 10.3. The van der Waals surface area contributed by atoms with E-state index in [2.05, 4.69) is 20.7 Å². The molecule has 1 nitrogen and oxygen atoms in total. The highest BCUT2D eigenvalue weighted by molar-refractivity contribution is 9.10. The van der Waals surface area contributed by atoms with Crippen LogP contribution in [0.3, 0.4) is 0 Å². The molecule has 0 aliphatic heterocycles. The van der Waals surface area contributed by atoms with Gasteiger partial charge in [-0.1, -0.05) is 0 Å². The van der Waals surface area contributed by atoms with Gasteiger partial charge >= 0.3 is 0 Å². The zero-order chi connectivity index (χ0) is 10.7. The van der Waals surface area contributed by atoms with Crippen molar-refractivity contribution in [3.8, 4) is 5.75 Å². The molecule has 1 aromatic rings. The van der Waals surface area contributed by atoms with Crippen LogP contribution in [0.4, 0.5) is 17.6 Å². The summed E-state index contributed by atoms with van der Waals surface area (Å²) in [5.74, 6) is -2.18. The van der Waals surface area contributed by atoms with Crippen LogP contribution in [0.15, 0.2) is 16.6 Å². The summed E-state index contributed by atoms with van der Waals surface area (Å²) in [5.41, 5.74) is 0. The van der Waals surface area contributed by atoms with Gasteiger partial charge in [0.15, 0.2) is 11.6 Å². The van der Waals surface area contributed by atoms with E-state index in [9.17, 15) is 17.6 Å². The zero-order valence-electron chi connectivity index (χ0n) is 6.74. The Labute approximate surface area is 85.8 Å². The maximum Gasteiger partial charge on any atom is 0.272 e. The second-order valence-corrected chi connectivity index (χ2v) is 3.25. The average molecular weight is 273 g/mol. The highest BCUT2D eigenvalue weighted by Gasteiger charge is 2.11. The molecule has 0 heterocycles. The summed E-state index contributed by atoms with van der Waals surface area (Å²) >= 11 is 2.74. The molecule has 1 aromatic carbocycles. The van der Waals surface area contributed by atoms with Crippen LogP contribution >= 0.6 is 15.9 Å². The van der Waals surface area contributed by atoms with Crippen LogP contribution in [-0.2, 0) is 0 Å². The Morgan fingerprint density at radius 2 is 1.86 bits per heavy atom. The van der Waals surface area contributed by atoms with Crippen LogP contribution in [0.5, 0.6) is 5.75 Å². The first-order valence-electron chi connectivity index (χ1n) is 3.56. The Bertz CT molecular complexity index is 329. The van der Waals surface area contributed by atoms with E-state index in [-0.39, 0.29) is 4.47 Å². The van der Waals surface area contributed by atoms with Crippen LogP contribution in [0.25, 0.3) is 0 Å². The molecule has 0 saturated heterocycles. The smallest absolute Gasteiger partial charge is 0.272 e. The molecule has 1 rings (SSSR count). The lowest BCUT2D eigenvalue weighted by Gasteiger charge is -2.06. The van der Waals surface area contributed by atoms with Crippen LogP contribution in [0.2, 0.25) is 0 Å². The molecule has 0 fully saturated rings. The van der Waals surface area contributed by atoms with Gasteiger partial charge in [0.25, 0.3) is 6.43 Å². The van der Waals surface area contributed by atoms with Crippen molar-refractivity contribution in [1.29, 1.82) is 0 Å². The van der Waals surface area contributed by atoms with Crippen molar-refractivity contribution in [3.63, 3.8) is 0 Å². The molecular formula is C8H5BrF4O. The molecule has 0 aromatic heterocycles. The van der Waals surface area contributed by atoms with Crippen molar-refractivity contribution in [3.05, 3.63) is 28.2 Å². The van der Waals surface area contributed by atoms with Crippen LogP contribution in [-0.4, -0.2) is 13.0 Å². The molecule has 0 N–H and O–H groups in total. The van der Waals surface area contributed by atoms with Gasteiger partial charge in [-0.25, -0.2) is 17.6 Å². The number of benzene rings is 1. The number of rotatable bonds is 3. The molecule has 0 bridgehead atoms. The van der Waals surface area contributed by atoms with Gasteiger partial charge in [0.2, 0.25) is 0 Å². The molecule has 0 unspecified atom stereocenters. The van der Waals surface area contributed by atoms with Crippen molar-refractivity contribution in [2.24, 2.45) is 0 Å². The highest BCUT2D eigenvalue weighted by atomic mass is 79.9. The summed E-state index contributed by atoms with van der Waals surface area (Å²) in [6.45, 7) is -0.960. The van der Waals surface area contributed by atoms with E-state index in [1.165, 1.54) is 0 Å². The minimum atomic E-state index is -2.72. The van der Waals surface area contributed by atoms with E-state index in [0.29, 0.717) is 6.07 Å². The fourth-order valence-electron chi connectivity index (χ4n) is 0.768. The van der Waals surface area contributed by atoms with E-state index in [1.807, 2.05) is 0 Å². The van der Waals surface area contributed by atoms with Gasteiger partial charge in [-0.05, 0) is 22.0 Å². The van der Waals surface area contributed by atoms with Gasteiger partial charge in [-0.3, -0.25) is 0 Å². The van der Waals surface area contributed by atoms with Crippen molar-refractivity contribution in [1.82, 2.24) is 0 Å². The molecule has 0 aliphatic carbocycles. The van der Waals surface area contributed by atoms with Crippen LogP contribution < -0.4 is 4.74 Å². The molecule has 78 valence electrons. The third kappa shape index (κ3) is 2.87. The molecule has 0 saturated carbocycles. The third-order valence-corrected chi connectivity index (χ3v) is 1.95. The first-order chi connectivity index (χ1) is 6.50. The molecule has 0 amide bonds. The summed E-state index contributed by atoms with van der Waals surface area (Å²) in [4.78, 5) is 0. The lowest BCUT2D eigenvalue weighted by molar-refractivity contribution is 0.0797. The fourth-order valence-corrected chi connectivity index (χ4v) is 1.08. The first kappa shape index (κ1) is 11.3. The minimum Gasteiger partial charge on any atom is -0.484 e. The van der Waals surface area contributed by atoms with Crippen LogP contribution in [0.1, 0.15) is 0 Å². The Balaban J connectivity index is 2.82. The Hall–Kier alpha value is -0.780. The summed E-state index contributed by atoms with van der Waals surface area (Å²) in [6.07, 6.45) is -2.72. The molecule has 0 aliphatic rings. The lowest BCUT2D eigenvalue weighted by Crippen LogP contribution is -2.08. The molecule has 0 radical (unpaired) electrons. The third-order valence-electron chi connectivity index (χ3n) is 1.34. The Morgan fingerprint density at radius 1 is 1.21 bits per heavy atom. The molecular weight excluding hydrogens is 268 g/mol. The van der Waals surface area contributed by atoms with Crippen LogP contribution in [0, 0.1) is 11.6 Å². The number of halogens is 5. The molecule has 14 heavy (non-hydrogen) atoms. The Kier molecular flexibility index (Phi) is 3.74. The van der Waals surface area contributed by atoms with Crippen molar-refractivity contribution >= 4 is 15.9 Å². The molecule has 0 atom stereocenters. The van der Waals surface area contributed by atoms with E-state index in [0.717, 1.165) is 6.07 Å². The summed E-state index contributed by atoms with van der Waals surface area (Å²) in [7, 11) is 0. The molecule has 6 heteroatoms. The van der Waals surface area contributed by atoms with Crippen molar-refractivity contribution in [2.45, 2.75) is 6.43 Å². The van der Waals surface area contributed by atoms with E-state index < -0.39 is 30.4 Å². The van der Waals surface area contributed by atoms with Gasteiger partial charge in [0, 0.05) is 6.07 Å².